The molecule has 1 fully saturated rings. The number of Topliss-reactive ketones (excluding diaryl/α,β-unsaturated/α-hetero) is 1. The summed E-state index contributed by atoms with van der Waals surface area (Å²) in [4.78, 5) is 13.7. The molecule has 0 N–H and O–H groups in total. The Balaban J connectivity index is 0.00000144. The zero-order chi connectivity index (χ0) is 11.6. The smallest absolute Gasteiger partial charge is 0.133 e. The van der Waals surface area contributed by atoms with Crippen molar-refractivity contribution in [1.29, 1.82) is 0 Å². The van der Waals surface area contributed by atoms with E-state index in [1.165, 1.54) is 5.56 Å². The van der Waals surface area contributed by atoms with Crippen molar-refractivity contribution in [3.05, 3.63) is 35.9 Å². The van der Waals surface area contributed by atoms with Gasteiger partial charge in [-0.15, -0.1) is 12.4 Å². The molecule has 94 valence electrons. The van der Waals surface area contributed by atoms with Crippen LogP contribution < -0.4 is 0 Å². The summed E-state index contributed by atoms with van der Waals surface area (Å²) in [6, 6.07) is 10.6. The molecule has 17 heavy (non-hydrogen) atoms. The molecule has 2 nitrogen and oxygen atoms in total. The Morgan fingerprint density at radius 2 is 1.59 bits per heavy atom. The maximum absolute atomic E-state index is 11.4. The minimum absolute atomic E-state index is 0. The first-order valence-corrected chi connectivity index (χ1v) is 5.90. The van der Waals surface area contributed by atoms with Crippen molar-refractivity contribution in [3.8, 4) is 0 Å². The molecule has 0 aromatic heterocycles. The van der Waals surface area contributed by atoms with Crippen molar-refractivity contribution in [2.24, 2.45) is 0 Å². The minimum atomic E-state index is 0. The van der Waals surface area contributed by atoms with Gasteiger partial charge in [-0.25, -0.2) is 0 Å². The quantitative estimate of drug-likeness (QED) is 0.808. The van der Waals surface area contributed by atoms with Gasteiger partial charge in [0.25, 0.3) is 0 Å². The average molecular weight is 254 g/mol. The van der Waals surface area contributed by atoms with Crippen molar-refractivity contribution in [2.45, 2.75) is 31.2 Å². The van der Waals surface area contributed by atoms with E-state index >= 15 is 0 Å². The molecule has 0 atom stereocenters. The van der Waals surface area contributed by atoms with Crippen molar-refractivity contribution in [1.82, 2.24) is 4.90 Å². The fraction of sp³-hybridized carbons (Fsp3) is 0.500. The highest BCUT2D eigenvalue weighted by atomic mass is 35.5. The topological polar surface area (TPSA) is 20.3 Å². The zero-order valence-electron chi connectivity index (χ0n) is 10.5. The third-order valence-corrected chi connectivity index (χ3v) is 3.80. The summed E-state index contributed by atoms with van der Waals surface area (Å²) in [7, 11) is 4.23. The number of hydrogen-bond donors (Lipinski definition) is 0. The summed E-state index contributed by atoms with van der Waals surface area (Å²) in [6.07, 6.45) is 3.33. The van der Waals surface area contributed by atoms with Gasteiger partial charge in [-0.3, -0.25) is 9.69 Å². The molecule has 0 spiro atoms. The van der Waals surface area contributed by atoms with Crippen LogP contribution in [0.5, 0.6) is 0 Å². The van der Waals surface area contributed by atoms with E-state index in [0.717, 1.165) is 12.8 Å². The maximum atomic E-state index is 11.4. The second-order valence-electron chi connectivity index (χ2n) is 4.83. The Bertz CT molecular complexity index is 365. The molecule has 1 aromatic carbocycles. The van der Waals surface area contributed by atoms with Crippen LogP contribution in [0.15, 0.2) is 30.3 Å². The van der Waals surface area contributed by atoms with Crippen LogP contribution in [0.4, 0.5) is 0 Å². The lowest BCUT2D eigenvalue weighted by atomic mass is 9.75. The van der Waals surface area contributed by atoms with Gasteiger partial charge >= 0.3 is 0 Å². The minimum Gasteiger partial charge on any atom is -0.300 e. The van der Waals surface area contributed by atoms with Crippen LogP contribution >= 0.6 is 12.4 Å². The first-order valence-electron chi connectivity index (χ1n) is 5.90. The van der Waals surface area contributed by atoms with E-state index in [0.29, 0.717) is 18.6 Å². The number of nitrogens with zero attached hydrogens (tertiary/aromatic N) is 1. The Labute approximate surface area is 109 Å². The molecule has 3 heteroatoms. The number of ketones is 1. The maximum Gasteiger partial charge on any atom is 0.133 e. The number of rotatable bonds is 2. The Kier molecular flexibility index (Phi) is 4.72. The number of benzene rings is 1. The van der Waals surface area contributed by atoms with E-state index in [1.807, 2.05) is 6.07 Å². The van der Waals surface area contributed by atoms with Crippen molar-refractivity contribution >= 4 is 18.2 Å². The van der Waals surface area contributed by atoms with E-state index in [1.54, 1.807) is 0 Å². The summed E-state index contributed by atoms with van der Waals surface area (Å²) in [5.74, 6) is 0.411. The molecule has 0 saturated heterocycles. The van der Waals surface area contributed by atoms with Gasteiger partial charge in [0.05, 0.1) is 0 Å². The van der Waals surface area contributed by atoms with Crippen LogP contribution in [0.3, 0.4) is 0 Å². The molecule has 0 heterocycles. The van der Waals surface area contributed by atoms with E-state index in [4.69, 9.17) is 0 Å². The fourth-order valence-corrected chi connectivity index (χ4v) is 2.68. The van der Waals surface area contributed by atoms with Gasteiger partial charge in [-0.1, -0.05) is 30.3 Å². The Morgan fingerprint density at radius 1 is 1.06 bits per heavy atom. The largest absolute Gasteiger partial charge is 0.300 e. The van der Waals surface area contributed by atoms with Gasteiger partial charge in [-0.05, 0) is 32.5 Å². The molecule has 1 aliphatic rings. The molecule has 1 saturated carbocycles. The monoisotopic (exact) mass is 253 g/mol. The summed E-state index contributed by atoms with van der Waals surface area (Å²) < 4.78 is 0. The SMILES string of the molecule is CN(C)C1(c2ccccc2)CCC(=O)CC1.Cl. The first-order chi connectivity index (χ1) is 7.65. The van der Waals surface area contributed by atoms with Crippen LogP contribution in [0.25, 0.3) is 0 Å². The van der Waals surface area contributed by atoms with Gasteiger partial charge < -0.3 is 0 Å². The molecule has 0 aliphatic heterocycles. The van der Waals surface area contributed by atoms with Crippen LogP contribution in [0.1, 0.15) is 31.2 Å². The molecule has 0 unspecified atom stereocenters. The van der Waals surface area contributed by atoms with Crippen molar-refractivity contribution in [2.75, 3.05) is 14.1 Å². The molecule has 0 radical (unpaired) electrons. The highest BCUT2D eigenvalue weighted by Crippen LogP contribution is 2.39. The highest BCUT2D eigenvalue weighted by Gasteiger charge is 2.37. The molecule has 2 rings (SSSR count). The summed E-state index contributed by atoms with van der Waals surface area (Å²) in [6.45, 7) is 0. The molecule has 1 aliphatic carbocycles. The molecular formula is C14H20ClNO. The molecule has 1 aromatic rings. The van der Waals surface area contributed by atoms with Gasteiger partial charge in [-0.2, -0.15) is 0 Å². The normalized spacial score (nSPS) is 18.9. The third kappa shape index (κ3) is 2.70. The number of hydrogen-bond acceptors (Lipinski definition) is 2. The summed E-state index contributed by atoms with van der Waals surface area (Å²) in [5, 5.41) is 0. The second-order valence-corrected chi connectivity index (χ2v) is 4.83. The van der Waals surface area contributed by atoms with Crippen LogP contribution in [0, 0.1) is 0 Å². The summed E-state index contributed by atoms with van der Waals surface area (Å²) >= 11 is 0. The predicted molar refractivity (Wildman–Crippen MR) is 72.5 cm³/mol. The van der Waals surface area contributed by atoms with Gasteiger partial charge in [0.15, 0.2) is 0 Å². The van der Waals surface area contributed by atoms with Crippen molar-refractivity contribution < 1.29 is 4.79 Å². The third-order valence-electron chi connectivity index (χ3n) is 3.80. The molecule has 0 bridgehead atoms. The standard InChI is InChI=1S/C14H19NO.ClH/c1-15(2)14(10-8-13(16)9-11-14)12-6-4-3-5-7-12;/h3-7H,8-11H2,1-2H3;1H. The van der Waals surface area contributed by atoms with Crippen molar-refractivity contribution in [3.63, 3.8) is 0 Å². The van der Waals surface area contributed by atoms with E-state index < -0.39 is 0 Å². The lowest BCUT2D eigenvalue weighted by Gasteiger charge is -2.43. The Hall–Kier alpha value is -0.860. The van der Waals surface area contributed by atoms with E-state index in [2.05, 4.69) is 43.3 Å². The lowest BCUT2D eigenvalue weighted by Crippen LogP contribution is -2.44. The lowest BCUT2D eigenvalue weighted by molar-refractivity contribution is -0.122. The molecular weight excluding hydrogens is 234 g/mol. The fourth-order valence-electron chi connectivity index (χ4n) is 2.68. The van der Waals surface area contributed by atoms with E-state index in [9.17, 15) is 4.79 Å². The van der Waals surface area contributed by atoms with Crippen LogP contribution in [-0.2, 0) is 10.3 Å². The number of halogens is 1. The van der Waals surface area contributed by atoms with E-state index in [-0.39, 0.29) is 17.9 Å². The van der Waals surface area contributed by atoms with Crippen LogP contribution in [0.2, 0.25) is 0 Å². The number of carbonyl (C=O) groups is 1. The highest BCUT2D eigenvalue weighted by molar-refractivity contribution is 5.85. The Morgan fingerprint density at radius 3 is 2.06 bits per heavy atom. The predicted octanol–water partition coefficient (Wildman–Crippen LogP) is 3.01. The van der Waals surface area contributed by atoms with Gasteiger partial charge in [0.2, 0.25) is 0 Å². The number of carbonyl (C=O) groups excluding carboxylic acids is 1. The average Bonchev–Trinajstić information content (AvgIpc) is 2.31. The first kappa shape index (κ1) is 14.2. The van der Waals surface area contributed by atoms with Gasteiger partial charge in [0.1, 0.15) is 5.78 Å². The van der Waals surface area contributed by atoms with Crippen LogP contribution in [-0.4, -0.2) is 24.8 Å². The van der Waals surface area contributed by atoms with Gasteiger partial charge in [0, 0.05) is 18.4 Å². The molecule has 0 amide bonds. The summed E-state index contributed by atoms with van der Waals surface area (Å²) in [5.41, 5.74) is 1.40. The zero-order valence-corrected chi connectivity index (χ0v) is 11.3. The second kappa shape index (κ2) is 5.65.